The molecule has 0 radical (unpaired) electrons. The number of nitro groups is 1. The zero-order chi connectivity index (χ0) is 15.4. The fraction of sp³-hybridized carbons (Fsp3) is 0.154. The number of hydrogen-bond acceptors (Lipinski definition) is 7. The first-order chi connectivity index (χ1) is 9.95. The number of anilines is 1. The van der Waals surface area contributed by atoms with E-state index in [1.165, 1.54) is 18.3 Å². The van der Waals surface area contributed by atoms with E-state index in [0.29, 0.717) is 11.5 Å². The Morgan fingerprint density at radius 3 is 2.52 bits per heavy atom. The molecule has 2 rings (SSSR count). The van der Waals surface area contributed by atoms with E-state index in [0.717, 1.165) is 17.5 Å². The fourth-order valence-electron chi connectivity index (χ4n) is 1.69. The van der Waals surface area contributed by atoms with E-state index in [-0.39, 0.29) is 11.4 Å². The summed E-state index contributed by atoms with van der Waals surface area (Å²) in [5.74, 6) is 0.112. The van der Waals surface area contributed by atoms with Crippen molar-refractivity contribution in [3.05, 3.63) is 51.3 Å². The molecule has 21 heavy (non-hydrogen) atoms. The van der Waals surface area contributed by atoms with Gasteiger partial charge in [-0.3, -0.25) is 10.1 Å². The van der Waals surface area contributed by atoms with Gasteiger partial charge in [0.25, 0.3) is 5.69 Å². The zero-order valence-corrected chi connectivity index (χ0v) is 11.4. The number of aryl methyl sites for hydroxylation is 2. The Bertz CT molecular complexity index is 695. The standard InChI is InChI=1S/C13H13N5O3/c1-8-5-9(2)16-13(15-8)17-14-7-10-3-4-11(18(20)21)6-12(10)19/h3-7,19H,1-2H3,(H,15,16,17)/b14-7+. The number of phenolic OH excluding ortho intramolecular Hbond substituents is 1. The number of nitrogens with one attached hydrogen (secondary N) is 1. The molecule has 0 saturated heterocycles. The Morgan fingerprint density at radius 2 is 1.95 bits per heavy atom. The van der Waals surface area contributed by atoms with Crippen LogP contribution in [0.1, 0.15) is 17.0 Å². The van der Waals surface area contributed by atoms with Gasteiger partial charge >= 0.3 is 0 Å². The number of aromatic hydroxyl groups is 1. The number of hydrogen-bond donors (Lipinski definition) is 2. The molecule has 8 heteroatoms. The Hall–Kier alpha value is -3.03. The van der Waals surface area contributed by atoms with Crippen molar-refractivity contribution in [3.63, 3.8) is 0 Å². The monoisotopic (exact) mass is 287 g/mol. The summed E-state index contributed by atoms with van der Waals surface area (Å²) in [4.78, 5) is 18.3. The summed E-state index contributed by atoms with van der Waals surface area (Å²) < 4.78 is 0. The summed E-state index contributed by atoms with van der Waals surface area (Å²) in [6.45, 7) is 3.68. The molecule has 2 N–H and O–H groups in total. The van der Waals surface area contributed by atoms with Crippen LogP contribution in [0.4, 0.5) is 11.6 Å². The second-order valence-electron chi connectivity index (χ2n) is 4.34. The molecular weight excluding hydrogens is 274 g/mol. The van der Waals surface area contributed by atoms with E-state index < -0.39 is 4.92 Å². The third-order valence-corrected chi connectivity index (χ3v) is 2.58. The van der Waals surface area contributed by atoms with Crippen LogP contribution in [-0.2, 0) is 0 Å². The number of rotatable bonds is 4. The lowest BCUT2D eigenvalue weighted by molar-refractivity contribution is -0.384. The molecule has 0 aliphatic rings. The topological polar surface area (TPSA) is 114 Å². The number of hydrazone groups is 1. The van der Waals surface area contributed by atoms with Crippen molar-refractivity contribution in [2.45, 2.75) is 13.8 Å². The van der Waals surface area contributed by atoms with E-state index in [4.69, 9.17) is 0 Å². The largest absolute Gasteiger partial charge is 0.507 e. The molecule has 0 aliphatic heterocycles. The minimum absolute atomic E-state index is 0.185. The van der Waals surface area contributed by atoms with Gasteiger partial charge in [-0.1, -0.05) is 0 Å². The summed E-state index contributed by atoms with van der Waals surface area (Å²) in [5, 5.41) is 24.1. The first kappa shape index (κ1) is 14.4. The van der Waals surface area contributed by atoms with E-state index in [2.05, 4.69) is 20.5 Å². The van der Waals surface area contributed by atoms with Gasteiger partial charge in [0.05, 0.1) is 17.2 Å². The molecule has 108 valence electrons. The van der Waals surface area contributed by atoms with E-state index in [1.54, 1.807) is 0 Å². The van der Waals surface area contributed by atoms with E-state index >= 15 is 0 Å². The SMILES string of the molecule is Cc1cc(C)nc(N/N=C/c2ccc([N+](=O)[O-])cc2O)n1. The Balaban J connectivity index is 2.12. The van der Waals surface area contributed by atoms with Crippen LogP contribution in [0.5, 0.6) is 5.75 Å². The van der Waals surface area contributed by atoms with Gasteiger partial charge < -0.3 is 5.11 Å². The summed E-state index contributed by atoms with van der Waals surface area (Å²) in [7, 11) is 0. The average molecular weight is 287 g/mol. The number of benzene rings is 1. The maximum Gasteiger partial charge on any atom is 0.273 e. The van der Waals surface area contributed by atoms with Gasteiger partial charge in [0.1, 0.15) is 5.75 Å². The van der Waals surface area contributed by atoms with Crippen molar-refractivity contribution < 1.29 is 10.0 Å². The Morgan fingerprint density at radius 1 is 1.29 bits per heavy atom. The lowest BCUT2D eigenvalue weighted by Gasteiger charge is -2.02. The molecule has 0 saturated carbocycles. The van der Waals surface area contributed by atoms with Gasteiger partial charge in [0.2, 0.25) is 5.95 Å². The Kier molecular flexibility index (Phi) is 4.07. The van der Waals surface area contributed by atoms with Crippen molar-refractivity contribution in [1.29, 1.82) is 0 Å². The van der Waals surface area contributed by atoms with Crippen LogP contribution in [0, 0.1) is 24.0 Å². The van der Waals surface area contributed by atoms with Gasteiger partial charge in [0, 0.05) is 23.0 Å². The number of aromatic nitrogens is 2. The third kappa shape index (κ3) is 3.72. The number of non-ortho nitro benzene ring substituents is 1. The van der Waals surface area contributed by atoms with Crippen LogP contribution in [0.2, 0.25) is 0 Å². The normalized spacial score (nSPS) is 10.8. The van der Waals surface area contributed by atoms with Crippen molar-refractivity contribution in [2.75, 3.05) is 5.43 Å². The van der Waals surface area contributed by atoms with Crippen molar-refractivity contribution in [2.24, 2.45) is 5.10 Å². The molecule has 1 aromatic carbocycles. The lowest BCUT2D eigenvalue weighted by Crippen LogP contribution is -1.99. The molecule has 1 aromatic heterocycles. The highest BCUT2D eigenvalue weighted by Crippen LogP contribution is 2.21. The Labute approximate surface area is 120 Å². The second kappa shape index (κ2) is 5.95. The smallest absolute Gasteiger partial charge is 0.273 e. The predicted octanol–water partition coefficient (Wildman–Crippen LogP) is 2.15. The average Bonchev–Trinajstić information content (AvgIpc) is 2.39. The summed E-state index contributed by atoms with van der Waals surface area (Å²) in [6.07, 6.45) is 1.33. The first-order valence-electron chi connectivity index (χ1n) is 6.04. The molecule has 0 fully saturated rings. The predicted molar refractivity (Wildman–Crippen MR) is 77.5 cm³/mol. The third-order valence-electron chi connectivity index (χ3n) is 2.58. The van der Waals surface area contributed by atoms with E-state index in [9.17, 15) is 15.2 Å². The van der Waals surface area contributed by atoms with Gasteiger partial charge in [-0.05, 0) is 26.0 Å². The minimum atomic E-state index is -0.581. The zero-order valence-electron chi connectivity index (χ0n) is 11.4. The van der Waals surface area contributed by atoms with Gasteiger partial charge in [-0.2, -0.15) is 5.10 Å². The van der Waals surface area contributed by atoms with Crippen LogP contribution in [0.3, 0.4) is 0 Å². The van der Waals surface area contributed by atoms with Crippen molar-refractivity contribution in [3.8, 4) is 5.75 Å². The van der Waals surface area contributed by atoms with Gasteiger partial charge in [-0.25, -0.2) is 15.4 Å². The van der Waals surface area contributed by atoms with Crippen LogP contribution in [-0.4, -0.2) is 26.2 Å². The van der Waals surface area contributed by atoms with Crippen LogP contribution in [0.25, 0.3) is 0 Å². The molecule has 8 nitrogen and oxygen atoms in total. The molecule has 0 aliphatic carbocycles. The first-order valence-corrected chi connectivity index (χ1v) is 6.04. The summed E-state index contributed by atoms with van der Waals surface area (Å²) >= 11 is 0. The highest BCUT2D eigenvalue weighted by Gasteiger charge is 2.08. The molecule has 0 bridgehead atoms. The molecule has 0 spiro atoms. The number of nitrogens with zero attached hydrogens (tertiary/aromatic N) is 4. The fourth-order valence-corrected chi connectivity index (χ4v) is 1.69. The lowest BCUT2D eigenvalue weighted by atomic mass is 10.2. The number of phenols is 1. The van der Waals surface area contributed by atoms with Crippen LogP contribution >= 0.6 is 0 Å². The maximum atomic E-state index is 10.6. The summed E-state index contributed by atoms with van der Waals surface area (Å²) in [5.41, 5.74) is 4.41. The second-order valence-corrected chi connectivity index (χ2v) is 4.34. The highest BCUT2D eigenvalue weighted by atomic mass is 16.6. The molecule has 0 unspecified atom stereocenters. The number of nitro benzene ring substituents is 1. The van der Waals surface area contributed by atoms with Crippen LogP contribution in [0.15, 0.2) is 29.4 Å². The minimum Gasteiger partial charge on any atom is -0.507 e. The molecule has 1 heterocycles. The van der Waals surface area contributed by atoms with Crippen LogP contribution < -0.4 is 5.43 Å². The van der Waals surface area contributed by atoms with Gasteiger partial charge in [-0.15, -0.1) is 0 Å². The molecule has 2 aromatic rings. The van der Waals surface area contributed by atoms with E-state index in [1.807, 2.05) is 19.9 Å². The summed E-state index contributed by atoms with van der Waals surface area (Å²) in [6, 6.07) is 5.58. The van der Waals surface area contributed by atoms with Crippen molar-refractivity contribution in [1.82, 2.24) is 9.97 Å². The molecule has 0 atom stereocenters. The quantitative estimate of drug-likeness (QED) is 0.506. The van der Waals surface area contributed by atoms with Crippen molar-refractivity contribution >= 4 is 17.9 Å². The maximum absolute atomic E-state index is 10.6. The molecular formula is C13H13N5O3. The molecule has 0 amide bonds. The highest BCUT2D eigenvalue weighted by molar-refractivity contribution is 5.84. The van der Waals surface area contributed by atoms with Gasteiger partial charge in [0.15, 0.2) is 0 Å².